The summed E-state index contributed by atoms with van der Waals surface area (Å²) in [6, 6.07) is 3.43. The number of aliphatic hydroxyl groups is 1. The predicted octanol–water partition coefficient (Wildman–Crippen LogP) is 3.19. The number of aromatic amines is 1. The molecular formula is C21H32ClN5O3. The standard InChI is InChI=1S/C21H32ClN5O3/c1-21(2,19(28)17-12-16(22)11-14-13-23-24-18(14)17)15-5-7-27(8-6-15)20(29)25-30-10-9-26(3)4/h11-13,15,19,28H,5-10H2,1-4H3,(H,23,24)(H,25,29)/t19-/m1/s1. The monoisotopic (exact) mass is 437 g/mol. The summed E-state index contributed by atoms with van der Waals surface area (Å²) in [6.45, 7) is 6.58. The molecule has 0 saturated carbocycles. The molecule has 30 heavy (non-hydrogen) atoms. The zero-order chi connectivity index (χ0) is 21.9. The van der Waals surface area contributed by atoms with Gasteiger partial charge in [0.15, 0.2) is 0 Å². The molecule has 3 N–H and O–H groups in total. The second-order valence-electron chi connectivity index (χ2n) is 8.87. The molecule has 2 heterocycles. The number of piperidine rings is 1. The van der Waals surface area contributed by atoms with E-state index in [2.05, 4.69) is 29.5 Å². The maximum atomic E-state index is 12.3. The number of likely N-dealkylation sites (N-methyl/N-ethyl adjacent to an activating group) is 1. The molecule has 1 aliphatic rings. The summed E-state index contributed by atoms with van der Waals surface area (Å²) in [7, 11) is 3.90. The molecule has 0 unspecified atom stereocenters. The third-order valence-corrected chi connectivity index (χ3v) is 6.40. The second-order valence-corrected chi connectivity index (χ2v) is 9.31. The van der Waals surface area contributed by atoms with Crippen LogP contribution in [0.4, 0.5) is 4.79 Å². The van der Waals surface area contributed by atoms with Crippen molar-refractivity contribution in [1.82, 2.24) is 25.5 Å². The number of carbonyl (C=O) groups is 1. The van der Waals surface area contributed by atoms with Crippen molar-refractivity contribution in [2.24, 2.45) is 11.3 Å². The molecule has 1 aromatic carbocycles. The van der Waals surface area contributed by atoms with Crippen LogP contribution in [0.3, 0.4) is 0 Å². The highest BCUT2D eigenvalue weighted by atomic mass is 35.5. The first kappa shape index (κ1) is 22.8. The van der Waals surface area contributed by atoms with E-state index in [9.17, 15) is 9.90 Å². The fourth-order valence-electron chi connectivity index (χ4n) is 4.12. The predicted molar refractivity (Wildman–Crippen MR) is 117 cm³/mol. The van der Waals surface area contributed by atoms with Crippen molar-refractivity contribution in [3.05, 3.63) is 28.9 Å². The van der Waals surface area contributed by atoms with Crippen LogP contribution in [0.15, 0.2) is 18.3 Å². The average molecular weight is 438 g/mol. The lowest BCUT2D eigenvalue weighted by atomic mass is 9.68. The van der Waals surface area contributed by atoms with E-state index in [1.54, 1.807) is 11.1 Å². The number of benzene rings is 1. The molecule has 2 amide bonds. The first-order valence-electron chi connectivity index (χ1n) is 10.3. The van der Waals surface area contributed by atoms with Gasteiger partial charge < -0.3 is 14.9 Å². The number of aromatic nitrogens is 2. The fraction of sp³-hybridized carbons (Fsp3) is 0.619. The number of hydrogen-bond donors (Lipinski definition) is 3. The van der Waals surface area contributed by atoms with Gasteiger partial charge in [-0.2, -0.15) is 5.10 Å². The topological polar surface area (TPSA) is 93.7 Å². The minimum Gasteiger partial charge on any atom is -0.388 e. The van der Waals surface area contributed by atoms with Gasteiger partial charge in [-0.3, -0.25) is 9.94 Å². The number of fused-ring (bicyclic) bond motifs is 1. The summed E-state index contributed by atoms with van der Waals surface area (Å²) < 4.78 is 0. The van der Waals surface area contributed by atoms with E-state index in [1.165, 1.54) is 0 Å². The number of hydroxylamine groups is 1. The number of nitrogens with one attached hydrogen (secondary N) is 2. The molecule has 1 atom stereocenters. The third kappa shape index (κ3) is 5.06. The molecule has 1 saturated heterocycles. The number of carbonyl (C=O) groups excluding carboxylic acids is 1. The first-order valence-corrected chi connectivity index (χ1v) is 10.7. The van der Waals surface area contributed by atoms with Gasteiger partial charge >= 0.3 is 6.03 Å². The molecule has 3 rings (SSSR count). The lowest BCUT2D eigenvalue weighted by Gasteiger charge is -2.43. The molecule has 1 aliphatic heterocycles. The average Bonchev–Trinajstić information content (AvgIpc) is 3.18. The zero-order valence-electron chi connectivity index (χ0n) is 18.1. The molecule has 8 nitrogen and oxygen atoms in total. The maximum Gasteiger partial charge on any atom is 0.341 e. The smallest absolute Gasteiger partial charge is 0.341 e. The molecule has 2 aromatic rings. The molecule has 9 heteroatoms. The number of halogens is 1. The van der Waals surface area contributed by atoms with E-state index in [0.29, 0.717) is 24.7 Å². The SMILES string of the molecule is CN(C)CCONC(=O)N1CCC(C(C)(C)[C@H](O)c2cc(Cl)cc3cn[nH]c23)CC1. The molecule has 0 radical (unpaired) electrons. The zero-order valence-corrected chi connectivity index (χ0v) is 18.9. The Balaban J connectivity index is 1.60. The number of rotatable bonds is 7. The Morgan fingerprint density at radius 2 is 2.13 bits per heavy atom. The van der Waals surface area contributed by atoms with E-state index in [4.69, 9.17) is 16.4 Å². The van der Waals surface area contributed by atoms with Crippen LogP contribution in [-0.2, 0) is 4.84 Å². The van der Waals surface area contributed by atoms with Crippen molar-refractivity contribution in [2.45, 2.75) is 32.8 Å². The normalized spacial score (nSPS) is 17.0. The van der Waals surface area contributed by atoms with Gasteiger partial charge in [-0.25, -0.2) is 10.3 Å². The molecule has 0 spiro atoms. The van der Waals surface area contributed by atoms with Crippen LogP contribution in [0.25, 0.3) is 10.9 Å². The van der Waals surface area contributed by atoms with Crippen LogP contribution in [0.1, 0.15) is 38.4 Å². The van der Waals surface area contributed by atoms with Crippen molar-refractivity contribution in [3.8, 4) is 0 Å². The summed E-state index contributed by atoms with van der Waals surface area (Å²) in [5.74, 6) is 0.253. The summed E-state index contributed by atoms with van der Waals surface area (Å²) in [6.07, 6.45) is 2.62. The van der Waals surface area contributed by atoms with Crippen molar-refractivity contribution in [2.75, 3.05) is 40.3 Å². The van der Waals surface area contributed by atoms with Crippen molar-refractivity contribution < 1.29 is 14.7 Å². The highest BCUT2D eigenvalue weighted by Gasteiger charge is 2.40. The fourth-order valence-corrected chi connectivity index (χ4v) is 4.35. The Labute approximate surface area is 182 Å². The summed E-state index contributed by atoms with van der Waals surface area (Å²) >= 11 is 6.27. The van der Waals surface area contributed by atoms with Crippen LogP contribution < -0.4 is 5.48 Å². The van der Waals surface area contributed by atoms with Crippen LogP contribution >= 0.6 is 11.6 Å². The number of amides is 2. The van der Waals surface area contributed by atoms with E-state index in [-0.39, 0.29) is 11.9 Å². The number of likely N-dealkylation sites (tertiary alicyclic amines) is 1. The van der Waals surface area contributed by atoms with E-state index in [0.717, 1.165) is 35.9 Å². The Hall–Kier alpha value is -1.87. The molecule has 1 fully saturated rings. The van der Waals surface area contributed by atoms with E-state index in [1.807, 2.05) is 31.1 Å². The van der Waals surface area contributed by atoms with Gasteiger partial charge in [-0.15, -0.1) is 0 Å². The number of hydrogen-bond acceptors (Lipinski definition) is 5. The largest absolute Gasteiger partial charge is 0.388 e. The second kappa shape index (κ2) is 9.51. The molecular weight excluding hydrogens is 406 g/mol. The number of nitrogens with zero attached hydrogens (tertiary/aromatic N) is 3. The third-order valence-electron chi connectivity index (χ3n) is 6.18. The minimum absolute atomic E-state index is 0.209. The number of aliphatic hydroxyl groups excluding tert-OH is 1. The van der Waals surface area contributed by atoms with Crippen LogP contribution in [-0.4, -0.2) is 71.5 Å². The van der Waals surface area contributed by atoms with Gasteiger partial charge in [0.05, 0.1) is 24.4 Å². The number of urea groups is 1. The summed E-state index contributed by atoms with van der Waals surface area (Å²) in [4.78, 5) is 21.3. The summed E-state index contributed by atoms with van der Waals surface area (Å²) in [5.41, 5.74) is 3.69. The molecule has 0 bridgehead atoms. The molecule has 166 valence electrons. The summed E-state index contributed by atoms with van der Waals surface area (Å²) in [5, 5.41) is 19.8. The number of H-pyrrole nitrogens is 1. The lowest BCUT2D eigenvalue weighted by molar-refractivity contribution is -0.0182. The van der Waals surface area contributed by atoms with Gasteiger partial charge in [0.1, 0.15) is 0 Å². The Bertz CT molecular complexity index is 861. The van der Waals surface area contributed by atoms with Crippen LogP contribution in [0, 0.1) is 11.3 Å². The van der Waals surface area contributed by atoms with E-state index >= 15 is 0 Å². The quantitative estimate of drug-likeness (QED) is 0.457. The van der Waals surface area contributed by atoms with Gasteiger partial charge in [-0.1, -0.05) is 25.4 Å². The van der Waals surface area contributed by atoms with Gasteiger partial charge in [0.25, 0.3) is 0 Å². The molecule has 0 aliphatic carbocycles. The highest BCUT2D eigenvalue weighted by Crippen LogP contribution is 2.46. The first-order chi connectivity index (χ1) is 14.2. The van der Waals surface area contributed by atoms with Crippen LogP contribution in [0.5, 0.6) is 0 Å². The Morgan fingerprint density at radius 1 is 1.43 bits per heavy atom. The van der Waals surface area contributed by atoms with Gasteiger partial charge in [0, 0.05) is 35.6 Å². The molecule has 1 aromatic heterocycles. The maximum absolute atomic E-state index is 12.3. The Kier molecular flexibility index (Phi) is 7.23. The van der Waals surface area contributed by atoms with Crippen molar-refractivity contribution in [3.63, 3.8) is 0 Å². The van der Waals surface area contributed by atoms with Crippen molar-refractivity contribution >= 4 is 28.5 Å². The highest BCUT2D eigenvalue weighted by molar-refractivity contribution is 6.31. The van der Waals surface area contributed by atoms with Gasteiger partial charge in [0.2, 0.25) is 0 Å². The lowest BCUT2D eigenvalue weighted by Crippen LogP contribution is -2.47. The van der Waals surface area contributed by atoms with Gasteiger partial charge in [-0.05, 0) is 50.4 Å². The minimum atomic E-state index is -0.709. The van der Waals surface area contributed by atoms with E-state index < -0.39 is 11.5 Å². The Morgan fingerprint density at radius 3 is 2.80 bits per heavy atom. The van der Waals surface area contributed by atoms with Crippen molar-refractivity contribution in [1.29, 1.82) is 0 Å². The van der Waals surface area contributed by atoms with Crippen LogP contribution in [0.2, 0.25) is 5.02 Å².